The Morgan fingerprint density at radius 2 is 1.80 bits per heavy atom. The quantitative estimate of drug-likeness (QED) is 0.537. The molecule has 1 heterocycles. The fourth-order valence-corrected chi connectivity index (χ4v) is 2.66. The van der Waals surface area contributed by atoms with Crippen LogP contribution in [0.4, 0.5) is 0 Å². The van der Waals surface area contributed by atoms with Gasteiger partial charge in [0, 0.05) is 23.7 Å². The van der Waals surface area contributed by atoms with Crippen LogP contribution in [-0.2, 0) is 11.2 Å². The van der Waals surface area contributed by atoms with Gasteiger partial charge in [-0.25, -0.2) is 0 Å². The molecule has 1 aromatic heterocycles. The number of rotatable bonds is 6. The second kappa shape index (κ2) is 8.11. The van der Waals surface area contributed by atoms with E-state index in [4.69, 9.17) is 0 Å². The maximum Gasteiger partial charge on any atom is 0.255 e. The van der Waals surface area contributed by atoms with E-state index < -0.39 is 0 Å². The Bertz CT molecular complexity index is 943. The number of nitrogens with one attached hydrogen (secondary N) is 2. The summed E-state index contributed by atoms with van der Waals surface area (Å²) in [4.78, 5) is 26.7. The van der Waals surface area contributed by atoms with Crippen molar-refractivity contribution < 1.29 is 4.79 Å². The molecule has 0 fully saturated rings. The van der Waals surface area contributed by atoms with Gasteiger partial charge in [0.15, 0.2) is 0 Å². The zero-order valence-corrected chi connectivity index (χ0v) is 13.9. The van der Waals surface area contributed by atoms with Gasteiger partial charge in [-0.1, -0.05) is 48.5 Å². The lowest BCUT2D eigenvalue weighted by Gasteiger charge is -2.03. The second-order valence-corrected chi connectivity index (χ2v) is 5.85. The fourth-order valence-electron chi connectivity index (χ4n) is 2.66. The second-order valence-electron chi connectivity index (χ2n) is 5.85. The maximum atomic E-state index is 12.0. The van der Waals surface area contributed by atoms with Gasteiger partial charge in [0.1, 0.15) is 0 Å². The summed E-state index contributed by atoms with van der Waals surface area (Å²) in [5.74, 6) is -0.194. The van der Waals surface area contributed by atoms with Crippen LogP contribution in [0, 0.1) is 0 Å². The van der Waals surface area contributed by atoms with Crippen molar-refractivity contribution in [2.45, 2.75) is 12.8 Å². The molecule has 0 aliphatic heterocycles. The monoisotopic (exact) mass is 332 g/mol. The number of para-hydroxylation sites is 1. The summed E-state index contributed by atoms with van der Waals surface area (Å²) >= 11 is 0. The van der Waals surface area contributed by atoms with E-state index in [2.05, 4.69) is 22.4 Å². The Balaban J connectivity index is 1.54. The molecule has 0 aliphatic carbocycles. The number of carbonyl (C=O) groups is 1. The topological polar surface area (TPSA) is 62.0 Å². The van der Waals surface area contributed by atoms with E-state index in [0.29, 0.717) is 12.1 Å². The van der Waals surface area contributed by atoms with Crippen LogP contribution >= 0.6 is 0 Å². The molecule has 3 aromatic rings. The average Bonchev–Trinajstić information content (AvgIpc) is 2.64. The summed E-state index contributed by atoms with van der Waals surface area (Å²) in [5.41, 5.74) is 2.31. The van der Waals surface area contributed by atoms with Gasteiger partial charge in [-0.05, 0) is 42.0 Å². The molecule has 0 bridgehead atoms. The van der Waals surface area contributed by atoms with Crippen LogP contribution in [0.1, 0.15) is 17.5 Å². The van der Waals surface area contributed by atoms with Gasteiger partial charge in [0.25, 0.3) is 5.56 Å². The summed E-state index contributed by atoms with van der Waals surface area (Å²) in [7, 11) is 0. The molecule has 4 nitrogen and oxygen atoms in total. The minimum absolute atomic E-state index is 0.194. The summed E-state index contributed by atoms with van der Waals surface area (Å²) < 4.78 is 0. The molecule has 4 heteroatoms. The number of aryl methyl sites for hydroxylation is 1. The molecular formula is C21H20N2O2. The molecule has 25 heavy (non-hydrogen) atoms. The lowest BCUT2D eigenvalue weighted by molar-refractivity contribution is -0.116. The predicted molar refractivity (Wildman–Crippen MR) is 101 cm³/mol. The molecule has 1 amide bonds. The number of hydrogen-bond acceptors (Lipinski definition) is 2. The number of carbonyl (C=O) groups excluding carboxylic acids is 1. The highest BCUT2D eigenvalue weighted by Crippen LogP contribution is 2.10. The molecule has 0 spiro atoms. The number of benzene rings is 2. The van der Waals surface area contributed by atoms with Crippen LogP contribution in [0.25, 0.3) is 17.0 Å². The summed E-state index contributed by atoms with van der Waals surface area (Å²) in [6, 6.07) is 19.5. The Morgan fingerprint density at radius 3 is 2.64 bits per heavy atom. The van der Waals surface area contributed by atoms with Crippen molar-refractivity contribution in [3.05, 3.63) is 88.2 Å². The molecule has 2 aromatic carbocycles. The standard InChI is InChI=1S/C21H20N2O2/c24-20(22-14-6-9-16-7-2-1-3-8-16)13-12-18-15-17-10-4-5-11-19(17)23-21(18)25/h1-5,7-8,10-13,15H,6,9,14H2,(H,22,24)(H,23,25)/b13-12+. The van der Waals surface area contributed by atoms with Gasteiger partial charge in [-0.2, -0.15) is 0 Å². The molecular weight excluding hydrogens is 312 g/mol. The first-order chi connectivity index (χ1) is 12.2. The van der Waals surface area contributed by atoms with Gasteiger partial charge < -0.3 is 10.3 Å². The van der Waals surface area contributed by atoms with E-state index >= 15 is 0 Å². The van der Waals surface area contributed by atoms with Gasteiger partial charge in [0.2, 0.25) is 5.91 Å². The van der Waals surface area contributed by atoms with Gasteiger partial charge in [-0.3, -0.25) is 9.59 Å². The van der Waals surface area contributed by atoms with Crippen molar-refractivity contribution in [3.63, 3.8) is 0 Å². The highest BCUT2D eigenvalue weighted by Gasteiger charge is 2.01. The van der Waals surface area contributed by atoms with Crippen LogP contribution in [0.2, 0.25) is 0 Å². The number of hydrogen-bond donors (Lipinski definition) is 2. The van der Waals surface area contributed by atoms with Crippen molar-refractivity contribution >= 4 is 22.9 Å². The predicted octanol–water partition coefficient (Wildman–Crippen LogP) is 3.29. The zero-order chi connectivity index (χ0) is 17.5. The number of amides is 1. The van der Waals surface area contributed by atoms with E-state index in [0.717, 1.165) is 23.7 Å². The maximum absolute atomic E-state index is 12.0. The first-order valence-corrected chi connectivity index (χ1v) is 8.34. The van der Waals surface area contributed by atoms with Crippen molar-refractivity contribution in [3.8, 4) is 0 Å². The van der Waals surface area contributed by atoms with Crippen LogP contribution in [0.15, 0.2) is 71.5 Å². The molecule has 126 valence electrons. The molecule has 0 saturated carbocycles. The average molecular weight is 332 g/mol. The Labute approximate surface area is 146 Å². The third-order valence-corrected chi connectivity index (χ3v) is 3.98. The normalized spacial score (nSPS) is 11.0. The molecule has 0 unspecified atom stereocenters. The van der Waals surface area contributed by atoms with E-state index in [1.54, 1.807) is 12.1 Å². The van der Waals surface area contributed by atoms with Crippen LogP contribution in [0.5, 0.6) is 0 Å². The Morgan fingerprint density at radius 1 is 1.04 bits per heavy atom. The van der Waals surface area contributed by atoms with E-state index in [1.165, 1.54) is 11.6 Å². The first kappa shape index (κ1) is 16.7. The van der Waals surface area contributed by atoms with Crippen LogP contribution in [-0.4, -0.2) is 17.4 Å². The third-order valence-electron chi connectivity index (χ3n) is 3.98. The molecule has 0 radical (unpaired) electrons. The fraction of sp³-hybridized carbons (Fsp3) is 0.143. The van der Waals surface area contributed by atoms with Crippen molar-refractivity contribution in [2.75, 3.05) is 6.54 Å². The number of H-pyrrole nitrogens is 1. The number of aromatic nitrogens is 1. The van der Waals surface area contributed by atoms with Crippen LogP contribution < -0.4 is 10.9 Å². The van der Waals surface area contributed by atoms with Gasteiger partial charge in [-0.15, -0.1) is 0 Å². The molecule has 3 rings (SSSR count). The molecule has 0 atom stereocenters. The minimum atomic E-state index is -0.202. The molecule has 2 N–H and O–H groups in total. The number of fused-ring (bicyclic) bond motifs is 1. The van der Waals surface area contributed by atoms with E-state index in [1.807, 2.05) is 42.5 Å². The lowest BCUT2D eigenvalue weighted by Crippen LogP contribution is -2.22. The SMILES string of the molecule is O=C(/C=C/c1cc2ccccc2[nH]c1=O)NCCCc1ccccc1. The Kier molecular flexibility index (Phi) is 5.42. The summed E-state index contributed by atoms with van der Waals surface area (Å²) in [6.45, 7) is 0.603. The minimum Gasteiger partial charge on any atom is -0.353 e. The third kappa shape index (κ3) is 4.67. The smallest absolute Gasteiger partial charge is 0.255 e. The van der Waals surface area contributed by atoms with Crippen LogP contribution in [0.3, 0.4) is 0 Å². The van der Waals surface area contributed by atoms with Gasteiger partial charge in [0.05, 0.1) is 0 Å². The molecule has 0 saturated heterocycles. The van der Waals surface area contributed by atoms with Gasteiger partial charge >= 0.3 is 0 Å². The number of pyridine rings is 1. The van der Waals surface area contributed by atoms with E-state index in [-0.39, 0.29) is 11.5 Å². The Hall–Kier alpha value is -3.14. The molecule has 0 aliphatic rings. The van der Waals surface area contributed by atoms with E-state index in [9.17, 15) is 9.59 Å². The lowest BCUT2D eigenvalue weighted by atomic mass is 10.1. The highest BCUT2D eigenvalue weighted by atomic mass is 16.1. The summed E-state index contributed by atoms with van der Waals surface area (Å²) in [6.07, 6.45) is 4.76. The van der Waals surface area contributed by atoms with Crippen molar-refractivity contribution in [1.29, 1.82) is 0 Å². The number of aromatic amines is 1. The summed E-state index contributed by atoms with van der Waals surface area (Å²) in [5, 5.41) is 3.78. The largest absolute Gasteiger partial charge is 0.353 e. The van der Waals surface area contributed by atoms with Crippen molar-refractivity contribution in [2.24, 2.45) is 0 Å². The zero-order valence-electron chi connectivity index (χ0n) is 13.9. The highest BCUT2D eigenvalue weighted by molar-refractivity contribution is 5.92. The first-order valence-electron chi connectivity index (χ1n) is 8.34. The van der Waals surface area contributed by atoms with Crippen molar-refractivity contribution in [1.82, 2.24) is 10.3 Å².